The Kier molecular flexibility index (Phi) is 3.34. The Balaban J connectivity index is 1.75. The largest absolute Gasteiger partial charge is 0.487 e. The second-order valence-corrected chi connectivity index (χ2v) is 6.17. The quantitative estimate of drug-likeness (QED) is 0.721. The summed E-state index contributed by atoms with van der Waals surface area (Å²) in [6.45, 7) is 3.82. The van der Waals surface area contributed by atoms with E-state index >= 15 is 0 Å². The summed E-state index contributed by atoms with van der Waals surface area (Å²) in [5, 5.41) is 2.58. The van der Waals surface area contributed by atoms with E-state index in [4.69, 9.17) is 10.5 Å². The van der Waals surface area contributed by atoms with Gasteiger partial charge in [-0.25, -0.2) is 0 Å². The number of ether oxygens (including phenoxy) is 1. The second-order valence-electron chi connectivity index (χ2n) is 6.17. The lowest BCUT2D eigenvalue weighted by Gasteiger charge is -2.35. The number of fused-ring (bicyclic) bond motifs is 2. The summed E-state index contributed by atoms with van der Waals surface area (Å²) < 4.78 is 5.94. The normalized spacial score (nSPS) is 16.9. The molecular weight excluding hydrogens is 284 g/mol. The second kappa shape index (κ2) is 5.51. The highest BCUT2D eigenvalue weighted by Gasteiger charge is 2.23. The standard InChI is InChI=1S/C20H20N2O/c1-14-12-22(19-11-17(21)9-10-20(19)23-14)13-16-7-4-6-15-5-2-3-8-18(15)16/h2-11,14H,12-13,21H2,1H3. The number of nitrogen functional groups attached to an aromatic ring is 1. The number of benzene rings is 3. The molecule has 3 aromatic carbocycles. The summed E-state index contributed by atoms with van der Waals surface area (Å²) in [7, 11) is 0. The van der Waals surface area contributed by atoms with Crippen molar-refractivity contribution >= 4 is 22.1 Å². The molecule has 1 aliphatic heterocycles. The maximum atomic E-state index is 5.98. The Morgan fingerprint density at radius 2 is 1.91 bits per heavy atom. The molecule has 0 saturated heterocycles. The first-order chi connectivity index (χ1) is 11.2. The van der Waals surface area contributed by atoms with Crippen LogP contribution in [-0.2, 0) is 6.54 Å². The predicted molar refractivity (Wildman–Crippen MR) is 95.9 cm³/mol. The van der Waals surface area contributed by atoms with Crippen LogP contribution in [-0.4, -0.2) is 12.6 Å². The molecule has 2 N–H and O–H groups in total. The summed E-state index contributed by atoms with van der Waals surface area (Å²) in [5.41, 5.74) is 9.15. The highest BCUT2D eigenvalue weighted by Crippen LogP contribution is 2.36. The van der Waals surface area contributed by atoms with Gasteiger partial charge in [-0.15, -0.1) is 0 Å². The summed E-state index contributed by atoms with van der Waals surface area (Å²) in [5.74, 6) is 0.915. The molecule has 0 spiro atoms. The lowest BCUT2D eigenvalue weighted by Crippen LogP contribution is -2.38. The van der Waals surface area contributed by atoms with E-state index in [1.54, 1.807) is 0 Å². The zero-order valence-electron chi connectivity index (χ0n) is 13.2. The third-order valence-corrected chi connectivity index (χ3v) is 4.37. The van der Waals surface area contributed by atoms with Crippen LogP contribution >= 0.6 is 0 Å². The van der Waals surface area contributed by atoms with E-state index in [1.807, 2.05) is 18.2 Å². The fourth-order valence-electron chi connectivity index (χ4n) is 3.33. The van der Waals surface area contributed by atoms with Gasteiger partial charge in [0.15, 0.2) is 0 Å². The third-order valence-electron chi connectivity index (χ3n) is 4.37. The van der Waals surface area contributed by atoms with Crippen LogP contribution in [0.5, 0.6) is 5.75 Å². The van der Waals surface area contributed by atoms with Gasteiger partial charge in [-0.3, -0.25) is 0 Å². The maximum absolute atomic E-state index is 5.98. The van der Waals surface area contributed by atoms with Gasteiger partial charge in [0.1, 0.15) is 11.9 Å². The van der Waals surface area contributed by atoms with Gasteiger partial charge in [0.25, 0.3) is 0 Å². The van der Waals surface area contributed by atoms with Crippen LogP contribution in [0.15, 0.2) is 60.7 Å². The van der Waals surface area contributed by atoms with Gasteiger partial charge in [0.05, 0.1) is 12.2 Å². The van der Waals surface area contributed by atoms with Gasteiger partial charge in [-0.2, -0.15) is 0 Å². The van der Waals surface area contributed by atoms with Crippen LogP contribution in [0, 0.1) is 0 Å². The number of hydrogen-bond donors (Lipinski definition) is 1. The lowest BCUT2D eigenvalue weighted by molar-refractivity contribution is 0.212. The molecule has 1 unspecified atom stereocenters. The molecule has 1 heterocycles. The van der Waals surface area contributed by atoms with Crippen molar-refractivity contribution in [3.63, 3.8) is 0 Å². The topological polar surface area (TPSA) is 38.5 Å². The van der Waals surface area contributed by atoms with Crippen LogP contribution in [0.25, 0.3) is 10.8 Å². The molecule has 3 nitrogen and oxygen atoms in total. The summed E-state index contributed by atoms with van der Waals surface area (Å²) in [4.78, 5) is 2.36. The van der Waals surface area contributed by atoms with Crippen molar-refractivity contribution < 1.29 is 4.74 Å². The summed E-state index contributed by atoms with van der Waals surface area (Å²) >= 11 is 0. The van der Waals surface area contributed by atoms with E-state index in [9.17, 15) is 0 Å². The number of anilines is 2. The average molecular weight is 304 g/mol. The first kappa shape index (κ1) is 13.9. The van der Waals surface area contributed by atoms with Crippen LogP contribution < -0.4 is 15.4 Å². The molecule has 116 valence electrons. The minimum Gasteiger partial charge on any atom is -0.487 e. The van der Waals surface area contributed by atoms with Crippen LogP contribution in [0.2, 0.25) is 0 Å². The zero-order chi connectivity index (χ0) is 15.8. The van der Waals surface area contributed by atoms with Crippen LogP contribution in [0.4, 0.5) is 11.4 Å². The summed E-state index contributed by atoms with van der Waals surface area (Å²) in [6, 6.07) is 20.9. The number of nitrogens with zero attached hydrogens (tertiary/aromatic N) is 1. The Morgan fingerprint density at radius 1 is 1.09 bits per heavy atom. The molecule has 0 fully saturated rings. The molecule has 3 aromatic rings. The van der Waals surface area contributed by atoms with Gasteiger partial charge >= 0.3 is 0 Å². The molecule has 0 bridgehead atoms. The number of nitrogens with two attached hydrogens (primary N) is 1. The fourth-order valence-corrected chi connectivity index (χ4v) is 3.33. The molecular formula is C20H20N2O. The Hall–Kier alpha value is -2.68. The van der Waals surface area contributed by atoms with Gasteiger partial charge in [0, 0.05) is 12.2 Å². The number of rotatable bonds is 2. The minimum absolute atomic E-state index is 0.168. The molecule has 0 aliphatic carbocycles. The predicted octanol–water partition coefficient (Wildman–Crippen LogP) is 4.21. The van der Waals surface area contributed by atoms with Gasteiger partial charge < -0.3 is 15.4 Å². The SMILES string of the molecule is CC1CN(Cc2cccc3ccccc23)c2cc(N)ccc2O1. The van der Waals surface area contributed by atoms with Crippen molar-refractivity contribution in [3.05, 3.63) is 66.2 Å². The van der Waals surface area contributed by atoms with E-state index < -0.39 is 0 Å². The first-order valence-electron chi connectivity index (χ1n) is 7.98. The highest BCUT2D eigenvalue weighted by atomic mass is 16.5. The van der Waals surface area contributed by atoms with Crippen molar-refractivity contribution in [1.82, 2.24) is 0 Å². The van der Waals surface area contributed by atoms with Gasteiger partial charge in [-0.1, -0.05) is 42.5 Å². The molecule has 0 saturated carbocycles. The molecule has 23 heavy (non-hydrogen) atoms. The monoisotopic (exact) mass is 304 g/mol. The van der Waals surface area contributed by atoms with E-state index in [0.29, 0.717) is 0 Å². The van der Waals surface area contributed by atoms with Crippen molar-refractivity contribution in [3.8, 4) is 5.75 Å². The van der Waals surface area contributed by atoms with E-state index in [0.717, 1.165) is 30.2 Å². The highest BCUT2D eigenvalue weighted by molar-refractivity contribution is 5.86. The van der Waals surface area contributed by atoms with E-state index in [-0.39, 0.29) is 6.10 Å². The van der Waals surface area contributed by atoms with E-state index in [1.165, 1.54) is 16.3 Å². The molecule has 0 radical (unpaired) electrons. The molecule has 1 atom stereocenters. The van der Waals surface area contributed by atoms with Crippen LogP contribution in [0.3, 0.4) is 0 Å². The molecule has 4 rings (SSSR count). The third kappa shape index (κ3) is 2.59. The van der Waals surface area contributed by atoms with E-state index in [2.05, 4.69) is 54.3 Å². The Morgan fingerprint density at radius 3 is 2.83 bits per heavy atom. The smallest absolute Gasteiger partial charge is 0.143 e. The lowest BCUT2D eigenvalue weighted by atomic mass is 10.0. The van der Waals surface area contributed by atoms with Gasteiger partial charge in [-0.05, 0) is 41.5 Å². The molecule has 3 heteroatoms. The Bertz CT molecular complexity index is 854. The zero-order valence-corrected chi connectivity index (χ0v) is 13.2. The van der Waals surface area contributed by atoms with Crippen molar-refractivity contribution in [2.24, 2.45) is 0 Å². The van der Waals surface area contributed by atoms with Crippen molar-refractivity contribution in [2.45, 2.75) is 19.6 Å². The number of hydrogen-bond acceptors (Lipinski definition) is 3. The Labute approximate surface area is 136 Å². The average Bonchev–Trinajstić information content (AvgIpc) is 2.56. The van der Waals surface area contributed by atoms with Crippen molar-refractivity contribution in [1.29, 1.82) is 0 Å². The fraction of sp³-hybridized carbons (Fsp3) is 0.200. The molecule has 1 aliphatic rings. The van der Waals surface area contributed by atoms with Crippen molar-refractivity contribution in [2.75, 3.05) is 17.2 Å². The minimum atomic E-state index is 0.168. The summed E-state index contributed by atoms with van der Waals surface area (Å²) in [6.07, 6.45) is 0.168. The van der Waals surface area contributed by atoms with Gasteiger partial charge in [0.2, 0.25) is 0 Å². The first-order valence-corrected chi connectivity index (χ1v) is 7.98. The molecule has 0 aromatic heterocycles. The van der Waals surface area contributed by atoms with Crippen LogP contribution in [0.1, 0.15) is 12.5 Å². The maximum Gasteiger partial charge on any atom is 0.143 e. The molecule has 0 amide bonds.